The third-order valence-corrected chi connectivity index (χ3v) is 7.97. The molecular formula is C22H18Cl2N2O2S2. The Labute approximate surface area is 192 Å². The van der Waals surface area contributed by atoms with Crippen LogP contribution in [0, 0.1) is 6.92 Å². The Kier molecular flexibility index (Phi) is 5.53. The number of anilines is 2. The van der Waals surface area contributed by atoms with Gasteiger partial charge in [-0.15, -0.1) is 22.7 Å². The second-order valence-electron chi connectivity index (χ2n) is 7.16. The molecule has 4 nitrogen and oxygen atoms in total. The molecule has 4 rings (SSSR count). The maximum Gasteiger partial charge on any atom is 0.206 e. The fraction of sp³-hybridized carbons (Fsp3) is 0.182. The van der Waals surface area contributed by atoms with Crippen LogP contribution < -0.4 is 11.1 Å². The van der Waals surface area contributed by atoms with Gasteiger partial charge >= 0.3 is 0 Å². The number of carbonyl (C=O) groups is 2. The Morgan fingerprint density at radius 3 is 2.53 bits per heavy atom. The largest absolute Gasteiger partial charge is 0.397 e. The smallest absolute Gasteiger partial charge is 0.206 e. The third kappa shape index (κ3) is 3.38. The van der Waals surface area contributed by atoms with E-state index in [2.05, 4.69) is 5.32 Å². The van der Waals surface area contributed by atoms with Gasteiger partial charge in [0.2, 0.25) is 5.78 Å². The van der Waals surface area contributed by atoms with Crippen molar-refractivity contribution in [3.05, 3.63) is 77.4 Å². The summed E-state index contributed by atoms with van der Waals surface area (Å²) in [7, 11) is 0. The standard InChI is InChI=1S/C22H18Cl2N2O2S2/c1-9-6-7-29-20(9)16-15(11(3)27)10(2)26-22-17(16)18(25)21(30-22)19(28)13-8-12(23)4-5-14(13)24/h4-8,16,26H,25H2,1-3H3. The van der Waals surface area contributed by atoms with Crippen molar-refractivity contribution in [3.8, 4) is 0 Å². The van der Waals surface area contributed by atoms with Crippen molar-refractivity contribution >= 4 is 68.1 Å². The molecule has 1 unspecified atom stereocenters. The average Bonchev–Trinajstić information content (AvgIpc) is 3.25. The van der Waals surface area contributed by atoms with Crippen molar-refractivity contribution in [1.82, 2.24) is 0 Å². The Balaban J connectivity index is 1.92. The van der Waals surface area contributed by atoms with E-state index in [0.717, 1.165) is 26.7 Å². The lowest BCUT2D eigenvalue weighted by Crippen LogP contribution is -2.21. The van der Waals surface area contributed by atoms with Crippen molar-refractivity contribution in [3.63, 3.8) is 0 Å². The van der Waals surface area contributed by atoms with Crippen LogP contribution >= 0.6 is 45.9 Å². The van der Waals surface area contributed by atoms with Crippen LogP contribution in [0.15, 0.2) is 40.9 Å². The number of rotatable bonds is 4. The first-order chi connectivity index (χ1) is 14.2. The molecule has 0 radical (unpaired) electrons. The highest BCUT2D eigenvalue weighted by Crippen LogP contribution is 2.52. The van der Waals surface area contributed by atoms with Crippen molar-refractivity contribution in [2.45, 2.75) is 26.7 Å². The molecule has 1 atom stereocenters. The zero-order valence-corrected chi connectivity index (χ0v) is 19.6. The van der Waals surface area contributed by atoms with Gasteiger partial charge in [0.05, 0.1) is 21.6 Å². The SMILES string of the molecule is CC(=O)C1=C(C)Nc2sc(C(=O)c3cc(Cl)ccc3Cl)c(N)c2C1c1sccc1C. The summed E-state index contributed by atoms with van der Waals surface area (Å²) in [5, 5.41) is 6.79. The number of carbonyl (C=O) groups excluding carboxylic acids is 2. The van der Waals surface area contributed by atoms with Gasteiger partial charge in [0.15, 0.2) is 5.78 Å². The average molecular weight is 477 g/mol. The number of allylic oxidation sites excluding steroid dienone is 2. The maximum absolute atomic E-state index is 13.3. The lowest BCUT2D eigenvalue weighted by atomic mass is 9.83. The van der Waals surface area contributed by atoms with E-state index in [0.29, 0.717) is 31.7 Å². The molecule has 0 amide bonds. The number of hydrogen-bond acceptors (Lipinski definition) is 6. The van der Waals surface area contributed by atoms with Gasteiger partial charge in [-0.3, -0.25) is 9.59 Å². The summed E-state index contributed by atoms with van der Waals surface area (Å²) in [6.07, 6.45) is 0. The number of nitrogen functional groups attached to an aromatic ring is 1. The lowest BCUT2D eigenvalue weighted by molar-refractivity contribution is -0.113. The van der Waals surface area contributed by atoms with Crippen LogP contribution in [-0.2, 0) is 4.79 Å². The Morgan fingerprint density at radius 1 is 1.17 bits per heavy atom. The van der Waals surface area contributed by atoms with Crippen LogP contribution in [-0.4, -0.2) is 11.6 Å². The number of nitrogens with two attached hydrogens (primary N) is 1. The van der Waals surface area contributed by atoms with E-state index >= 15 is 0 Å². The molecule has 0 fully saturated rings. The molecule has 3 aromatic rings. The summed E-state index contributed by atoms with van der Waals surface area (Å²) < 4.78 is 0. The molecule has 0 spiro atoms. The van der Waals surface area contributed by atoms with E-state index in [-0.39, 0.29) is 17.5 Å². The number of halogens is 2. The molecule has 0 saturated carbocycles. The number of ketones is 2. The van der Waals surface area contributed by atoms with Gasteiger partial charge in [-0.05, 0) is 56.0 Å². The summed E-state index contributed by atoms with van der Waals surface area (Å²) >= 11 is 15.2. The number of fused-ring (bicyclic) bond motifs is 1. The molecule has 3 N–H and O–H groups in total. The molecular weight excluding hydrogens is 459 g/mol. The minimum absolute atomic E-state index is 0.0280. The summed E-state index contributed by atoms with van der Waals surface area (Å²) in [6, 6.07) is 6.79. The Hall–Kier alpha value is -2.12. The van der Waals surface area contributed by atoms with Gasteiger partial charge in [-0.2, -0.15) is 0 Å². The molecule has 0 bridgehead atoms. The summed E-state index contributed by atoms with van der Waals surface area (Å²) in [5.74, 6) is -0.629. The van der Waals surface area contributed by atoms with E-state index in [9.17, 15) is 9.59 Å². The minimum atomic E-state index is -0.314. The Bertz CT molecular complexity index is 1240. The molecule has 3 heterocycles. The maximum atomic E-state index is 13.3. The zero-order valence-electron chi connectivity index (χ0n) is 16.4. The first-order valence-electron chi connectivity index (χ1n) is 9.15. The van der Waals surface area contributed by atoms with Crippen LogP contribution in [0.2, 0.25) is 10.0 Å². The van der Waals surface area contributed by atoms with Gasteiger partial charge in [-0.25, -0.2) is 0 Å². The molecule has 8 heteroatoms. The van der Waals surface area contributed by atoms with Crippen molar-refractivity contribution in [2.75, 3.05) is 11.1 Å². The van der Waals surface area contributed by atoms with Crippen LogP contribution in [0.5, 0.6) is 0 Å². The van der Waals surface area contributed by atoms with Crippen molar-refractivity contribution in [2.24, 2.45) is 0 Å². The van der Waals surface area contributed by atoms with E-state index in [1.807, 2.05) is 25.3 Å². The van der Waals surface area contributed by atoms with E-state index in [4.69, 9.17) is 28.9 Å². The van der Waals surface area contributed by atoms with Crippen LogP contribution in [0.1, 0.15) is 51.0 Å². The van der Waals surface area contributed by atoms with Crippen molar-refractivity contribution in [1.29, 1.82) is 0 Å². The van der Waals surface area contributed by atoms with Crippen LogP contribution in [0.4, 0.5) is 10.7 Å². The third-order valence-electron chi connectivity index (χ3n) is 5.19. The number of hydrogen-bond donors (Lipinski definition) is 2. The normalized spacial score (nSPS) is 15.7. The highest BCUT2D eigenvalue weighted by molar-refractivity contribution is 7.19. The molecule has 1 aliphatic rings. The predicted octanol–water partition coefficient (Wildman–Crippen LogP) is 6.66. The molecule has 0 aliphatic carbocycles. The first kappa shape index (κ1) is 21.1. The highest BCUT2D eigenvalue weighted by Gasteiger charge is 2.37. The molecule has 2 aromatic heterocycles. The van der Waals surface area contributed by atoms with Crippen LogP contribution in [0.3, 0.4) is 0 Å². The van der Waals surface area contributed by atoms with Crippen molar-refractivity contribution < 1.29 is 9.59 Å². The zero-order chi connectivity index (χ0) is 21.7. The molecule has 1 aliphatic heterocycles. The topological polar surface area (TPSA) is 72.2 Å². The predicted molar refractivity (Wildman–Crippen MR) is 127 cm³/mol. The van der Waals surface area contributed by atoms with Gasteiger partial charge in [0, 0.05) is 32.3 Å². The number of nitrogens with one attached hydrogen (secondary N) is 1. The lowest BCUT2D eigenvalue weighted by Gasteiger charge is -2.28. The summed E-state index contributed by atoms with van der Waals surface area (Å²) in [5.41, 5.74) is 10.5. The number of aryl methyl sites for hydroxylation is 1. The summed E-state index contributed by atoms with van der Waals surface area (Å²) in [4.78, 5) is 27.3. The van der Waals surface area contributed by atoms with E-state index < -0.39 is 0 Å². The monoisotopic (exact) mass is 476 g/mol. The second-order valence-corrected chi connectivity index (χ2v) is 9.97. The highest BCUT2D eigenvalue weighted by atomic mass is 35.5. The van der Waals surface area contributed by atoms with E-state index in [1.54, 1.807) is 36.5 Å². The quantitative estimate of drug-likeness (QED) is 0.412. The fourth-order valence-electron chi connectivity index (χ4n) is 3.81. The minimum Gasteiger partial charge on any atom is -0.397 e. The molecule has 0 saturated heterocycles. The van der Waals surface area contributed by atoms with Gasteiger partial charge in [-0.1, -0.05) is 23.2 Å². The van der Waals surface area contributed by atoms with Gasteiger partial charge in [0.25, 0.3) is 0 Å². The number of thiophene rings is 2. The molecule has 30 heavy (non-hydrogen) atoms. The number of Topliss-reactive ketones (excluding diaryl/α,β-unsaturated/α-hetero) is 1. The first-order valence-corrected chi connectivity index (χ1v) is 11.6. The summed E-state index contributed by atoms with van der Waals surface area (Å²) in [6.45, 7) is 5.45. The van der Waals surface area contributed by atoms with E-state index in [1.165, 1.54) is 11.3 Å². The number of benzene rings is 1. The Morgan fingerprint density at radius 2 is 1.90 bits per heavy atom. The van der Waals surface area contributed by atoms with Gasteiger partial charge in [0.1, 0.15) is 4.88 Å². The van der Waals surface area contributed by atoms with Crippen LogP contribution in [0.25, 0.3) is 0 Å². The van der Waals surface area contributed by atoms with Gasteiger partial charge < -0.3 is 11.1 Å². The fourth-order valence-corrected chi connectivity index (χ4v) is 6.40. The molecule has 1 aromatic carbocycles. The second kappa shape index (κ2) is 7.85. The molecule has 154 valence electrons.